The molecule has 0 aromatic carbocycles. The summed E-state index contributed by atoms with van der Waals surface area (Å²) in [4.78, 5) is 22.3. The van der Waals surface area contributed by atoms with Crippen LogP contribution in [0.25, 0.3) is 11.3 Å². The average Bonchev–Trinajstić information content (AvgIpc) is 2.61. The molecule has 2 aliphatic rings. The first-order valence-electron chi connectivity index (χ1n) is 9.24. The molecule has 0 bridgehead atoms. The molecule has 2 aliphatic heterocycles. The number of nitrogens with two attached hydrogens (primary N) is 1. The van der Waals surface area contributed by atoms with Crippen LogP contribution in [0, 0.1) is 0 Å². The van der Waals surface area contributed by atoms with E-state index in [-0.39, 0.29) is 18.1 Å². The molecule has 2 N–H and O–H groups in total. The predicted molar refractivity (Wildman–Crippen MR) is 101 cm³/mol. The Bertz CT molecular complexity index is 763. The maximum absolute atomic E-state index is 5.90. The van der Waals surface area contributed by atoms with Crippen molar-refractivity contribution < 1.29 is 4.74 Å². The van der Waals surface area contributed by atoms with E-state index in [1.807, 2.05) is 6.07 Å². The molecule has 26 heavy (non-hydrogen) atoms. The summed E-state index contributed by atoms with van der Waals surface area (Å²) in [6, 6.07) is 2.29. The first kappa shape index (κ1) is 17.0. The molecule has 4 rings (SSSR count). The van der Waals surface area contributed by atoms with Gasteiger partial charge in [0, 0.05) is 43.7 Å². The van der Waals surface area contributed by atoms with Crippen LogP contribution in [-0.4, -0.2) is 58.3 Å². The first-order chi connectivity index (χ1) is 12.6. The third-order valence-electron chi connectivity index (χ3n) is 5.06. The number of morpholine rings is 1. The smallest absolute Gasteiger partial charge is 0.227 e. The van der Waals surface area contributed by atoms with Crippen LogP contribution in [0.3, 0.4) is 0 Å². The Balaban J connectivity index is 1.73. The van der Waals surface area contributed by atoms with Gasteiger partial charge in [0.25, 0.3) is 0 Å². The highest BCUT2D eigenvalue weighted by molar-refractivity contribution is 5.64. The van der Waals surface area contributed by atoms with Gasteiger partial charge >= 0.3 is 0 Å². The molecule has 8 heteroatoms. The van der Waals surface area contributed by atoms with Crippen molar-refractivity contribution >= 4 is 17.7 Å². The lowest BCUT2D eigenvalue weighted by Gasteiger charge is -2.39. The molecular weight excluding hydrogens is 330 g/mol. The van der Waals surface area contributed by atoms with Crippen LogP contribution in [0.4, 0.5) is 17.7 Å². The summed E-state index contributed by atoms with van der Waals surface area (Å²) < 4.78 is 5.90. The largest absolute Gasteiger partial charge is 0.374 e. The molecule has 0 amide bonds. The van der Waals surface area contributed by atoms with Gasteiger partial charge in [0.1, 0.15) is 5.82 Å². The zero-order valence-electron chi connectivity index (χ0n) is 15.3. The molecule has 2 aromatic rings. The van der Waals surface area contributed by atoms with Crippen molar-refractivity contribution in [3.63, 3.8) is 0 Å². The van der Waals surface area contributed by atoms with Crippen molar-refractivity contribution in [3.05, 3.63) is 18.5 Å². The number of ether oxygens (including phenoxy) is 1. The van der Waals surface area contributed by atoms with E-state index in [9.17, 15) is 0 Å². The maximum atomic E-state index is 5.90. The van der Waals surface area contributed by atoms with Crippen molar-refractivity contribution in [2.75, 3.05) is 41.8 Å². The second-order valence-corrected chi connectivity index (χ2v) is 6.95. The number of rotatable bonds is 4. The highest BCUT2D eigenvalue weighted by Gasteiger charge is 2.28. The molecule has 0 radical (unpaired) electrons. The van der Waals surface area contributed by atoms with Gasteiger partial charge in [-0.3, -0.25) is 0 Å². The Morgan fingerprint density at radius 2 is 2.00 bits per heavy atom. The fourth-order valence-corrected chi connectivity index (χ4v) is 3.23. The third kappa shape index (κ3) is 3.29. The van der Waals surface area contributed by atoms with Gasteiger partial charge in [0.2, 0.25) is 11.9 Å². The van der Waals surface area contributed by atoms with Gasteiger partial charge in [-0.15, -0.1) is 0 Å². The maximum Gasteiger partial charge on any atom is 0.227 e. The summed E-state index contributed by atoms with van der Waals surface area (Å²) in [6.07, 6.45) is 5.83. The van der Waals surface area contributed by atoms with Gasteiger partial charge in [-0.05, 0) is 19.8 Å². The Labute approximate surface area is 153 Å². The van der Waals surface area contributed by atoms with Crippen molar-refractivity contribution in [2.24, 2.45) is 0 Å². The average molecular weight is 355 g/mol. The minimum Gasteiger partial charge on any atom is -0.374 e. The summed E-state index contributed by atoms with van der Waals surface area (Å²) >= 11 is 0. The number of aromatic nitrogens is 4. The standard InChI is InChI=1S/C18H25N7O/c1-3-14-10-25(12(2)11-26-14)16-7-15(13-8-20-17(19)21-9-13)22-18(23-16)24-5-4-6-24/h7-9,12,14H,3-6,10-11H2,1-2H3,(H2,19,20,21)/t12-,14-/m0/s1. The number of nitrogens with zero attached hydrogens (tertiary/aromatic N) is 6. The fraction of sp³-hybridized carbons (Fsp3) is 0.556. The van der Waals surface area contributed by atoms with Gasteiger partial charge in [0.05, 0.1) is 24.4 Å². The third-order valence-corrected chi connectivity index (χ3v) is 5.06. The van der Waals surface area contributed by atoms with Gasteiger partial charge in [-0.2, -0.15) is 4.98 Å². The van der Waals surface area contributed by atoms with Crippen molar-refractivity contribution in [1.29, 1.82) is 0 Å². The van der Waals surface area contributed by atoms with E-state index in [1.54, 1.807) is 12.4 Å². The minimum atomic E-state index is 0.233. The van der Waals surface area contributed by atoms with Crippen LogP contribution < -0.4 is 15.5 Å². The highest BCUT2D eigenvalue weighted by atomic mass is 16.5. The Hall–Kier alpha value is -2.48. The fourth-order valence-electron chi connectivity index (χ4n) is 3.23. The quantitative estimate of drug-likeness (QED) is 0.886. The number of nitrogen functional groups attached to an aromatic ring is 1. The Morgan fingerprint density at radius 3 is 2.65 bits per heavy atom. The normalized spacial score (nSPS) is 23.0. The molecule has 0 spiro atoms. The summed E-state index contributed by atoms with van der Waals surface area (Å²) in [5.74, 6) is 1.97. The van der Waals surface area contributed by atoms with Crippen LogP contribution >= 0.6 is 0 Å². The molecular formula is C18H25N7O. The molecule has 2 fully saturated rings. The molecule has 8 nitrogen and oxygen atoms in total. The molecule has 4 heterocycles. The van der Waals surface area contributed by atoms with Crippen LogP contribution in [0.2, 0.25) is 0 Å². The summed E-state index contributed by atoms with van der Waals surface area (Å²) in [7, 11) is 0. The van der Waals surface area contributed by atoms with E-state index in [2.05, 4.69) is 33.6 Å². The lowest BCUT2D eigenvalue weighted by Crippen LogP contribution is -2.49. The second-order valence-electron chi connectivity index (χ2n) is 6.95. The van der Waals surface area contributed by atoms with Crippen molar-refractivity contribution in [2.45, 2.75) is 38.8 Å². The van der Waals surface area contributed by atoms with E-state index < -0.39 is 0 Å². The SMILES string of the molecule is CC[C@H]1CN(c2cc(-c3cnc(N)nc3)nc(N3CCC3)n2)[C@@H](C)CO1. The van der Waals surface area contributed by atoms with Crippen molar-refractivity contribution in [3.8, 4) is 11.3 Å². The Morgan fingerprint density at radius 1 is 1.23 bits per heavy atom. The van der Waals surface area contributed by atoms with Gasteiger partial charge in [-0.1, -0.05) is 6.92 Å². The number of hydrogen-bond acceptors (Lipinski definition) is 8. The predicted octanol–water partition coefficient (Wildman–Crippen LogP) is 1.73. The van der Waals surface area contributed by atoms with Crippen LogP contribution in [0.15, 0.2) is 18.5 Å². The van der Waals surface area contributed by atoms with Crippen LogP contribution in [0.5, 0.6) is 0 Å². The Kier molecular flexibility index (Phi) is 4.58. The second kappa shape index (κ2) is 7.03. The van der Waals surface area contributed by atoms with E-state index >= 15 is 0 Å². The molecule has 0 saturated carbocycles. The van der Waals surface area contributed by atoms with Crippen molar-refractivity contribution in [1.82, 2.24) is 19.9 Å². The zero-order chi connectivity index (χ0) is 18.1. The van der Waals surface area contributed by atoms with E-state index in [1.165, 1.54) is 6.42 Å². The van der Waals surface area contributed by atoms with Gasteiger partial charge in [-0.25, -0.2) is 15.0 Å². The topological polar surface area (TPSA) is 93.3 Å². The first-order valence-corrected chi connectivity index (χ1v) is 9.24. The summed E-state index contributed by atoms with van der Waals surface area (Å²) in [5, 5.41) is 0. The number of hydrogen-bond donors (Lipinski definition) is 1. The lowest BCUT2D eigenvalue weighted by atomic mass is 10.1. The monoisotopic (exact) mass is 355 g/mol. The molecule has 0 unspecified atom stereocenters. The molecule has 2 atom stereocenters. The lowest BCUT2D eigenvalue weighted by molar-refractivity contribution is 0.0204. The molecule has 2 aromatic heterocycles. The summed E-state index contributed by atoms with van der Waals surface area (Å²) in [5.41, 5.74) is 7.29. The van der Waals surface area contributed by atoms with E-state index in [0.717, 1.165) is 49.1 Å². The highest BCUT2D eigenvalue weighted by Crippen LogP contribution is 2.29. The van der Waals surface area contributed by atoms with E-state index in [0.29, 0.717) is 6.61 Å². The van der Waals surface area contributed by atoms with Gasteiger partial charge < -0.3 is 20.3 Å². The molecule has 138 valence electrons. The minimum absolute atomic E-state index is 0.233. The number of anilines is 3. The zero-order valence-corrected chi connectivity index (χ0v) is 15.3. The van der Waals surface area contributed by atoms with Gasteiger partial charge in [0.15, 0.2) is 0 Å². The molecule has 0 aliphatic carbocycles. The summed E-state index contributed by atoms with van der Waals surface area (Å²) in [6.45, 7) is 7.87. The van der Waals surface area contributed by atoms with Crippen LogP contribution in [0.1, 0.15) is 26.7 Å². The van der Waals surface area contributed by atoms with E-state index in [4.69, 9.17) is 20.4 Å². The molecule has 2 saturated heterocycles. The van der Waals surface area contributed by atoms with Crippen LogP contribution in [-0.2, 0) is 4.74 Å².